The second-order valence-electron chi connectivity index (χ2n) is 10.2. The van der Waals surface area contributed by atoms with E-state index >= 15 is 0 Å². The van der Waals surface area contributed by atoms with Gasteiger partial charge in [-0.2, -0.15) is 0 Å². The average Bonchev–Trinajstić information content (AvgIpc) is 3.38. The molecule has 0 radical (unpaired) electrons. The standard InChI is InChI=1S/C31H34N4O6/c1-21-7-4-5-9-24(21)30(38)35-25(28(36)33-19-22-8-6-14-32-18-22)20-41-31(35)12-15-34(16-13-31)29(37)23-10-11-26(39-2)27(17-23)40-3/h4-11,14,17-18,25H,12-13,15-16,19-20H2,1-3H3,(H,33,36)/t25-/m1/s1. The Morgan fingerprint density at radius 3 is 2.44 bits per heavy atom. The van der Waals surface area contributed by atoms with Crippen LogP contribution in [0.4, 0.5) is 0 Å². The van der Waals surface area contributed by atoms with E-state index in [1.807, 2.05) is 31.2 Å². The number of rotatable bonds is 7. The zero-order valence-electron chi connectivity index (χ0n) is 23.5. The SMILES string of the molecule is COc1ccc(C(=O)N2CCC3(CC2)OC[C@H](C(=O)NCc2cccnc2)N3C(=O)c2ccccc2C)cc1OC. The van der Waals surface area contributed by atoms with Crippen LogP contribution in [0.25, 0.3) is 0 Å². The van der Waals surface area contributed by atoms with Gasteiger partial charge < -0.3 is 24.4 Å². The van der Waals surface area contributed by atoms with E-state index in [0.29, 0.717) is 48.6 Å². The van der Waals surface area contributed by atoms with Crippen LogP contribution in [0.15, 0.2) is 67.0 Å². The Balaban J connectivity index is 1.36. The molecule has 0 bridgehead atoms. The summed E-state index contributed by atoms with van der Waals surface area (Å²) >= 11 is 0. The van der Waals surface area contributed by atoms with Crippen molar-refractivity contribution in [2.24, 2.45) is 0 Å². The molecule has 0 unspecified atom stereocenters. The molecular formula is C31H34N4O6. The number of benzene rings is 2. The molecule has 5 rings (SSSR count). The van der Waals surface area contributed by atoms with Gasteiger partial charge >= 0.3 is 0 Å². The largest absolute Gasteiger partial charge is 0.493 e. The minimum atomic E-state index is -1.01. The fourth-order valence-corrected chi connectivity index (χ4v) is 5.53. The molecule has 2 aromatic carbocycles. The number of pyridine rings is 1. The Kier molecular flexibility index (Phi) is 8.21. The monoisotopic (exact) mass is 558 g/mol. The van der Waals surface area contributed by atoms with E-state index in [1.54, 1.807) is 59.6 Å². The Labute approximate surface area is 239 Å². The number of hydrogen-bond donors (Lipinski definition) is 1. The Morgan fingerprint density at radius 1 is 1.00 bits per heavy atom. The molecule has 2 aliphatic rings. The molecule has 3 heterocycles. The van der Waals surface area contributed by atoms with Gasteiger partial charge in [-0.15, -0.1) is 0 Å². The maximum atomic E-state index is 14.0. The number of piperidine rings is 1. The Morgan fingerprint density at radius 2 is 1.76 bits per heavy atom. The van der Waals surface area contributed by atoms with Crippen LogP contribution in [0.3, 0.4) is 0 Å². The predicted molar refractivity (Wildman–Crippen MR) is 151 cm³/mol. The molecule has 1 atom stereocenters. The van der Waals surface area contributed by atoms with Crippen molar-refractivity contribution in [2.75, 3.05) is 33.9 Å². The van der Waals surface area contributed by atoms with Crippen LogP contribution in [-0.4, -0.2) is 78.2 Å². The summed E-state index contributed by atoms with van der Waals surface area (Å²) in [5.74, 6) is 0.306. The molecule has 3 amide bonds. The van der Waals surface area contributed by atoms with Gasteiger partial charge in [-0.1, -0.05) is 24.3 Å². The highest BCUT2D eigenvalue weighted by atomic mass is 16.5. The normalized spacial score (nSPS) is 17.8. The van der Waals surface area contributed by atoms with Gasteiger partial charge in [0.15, 0.2) is 11.5 Å². The zero-order valence-corrected chi connectivity index (χ0v) is 23.5. The number of amides is 3. The van der Waals surface area contributed by atoms with Crippen LogP contribution in [-0.2, 0) is 16.1 Å². The van der Waals surface area contributed by atoms with E-state index in [2.05, 4.69) is 10.3 Å². The summed E-state index contributed by atoms with van der Waals surface area (Å²) in [4.78, 5) is 48.3. The molecule has 41 heavy (non-hydrogen) atoms. The first kappa shape index (κ1) is 28.1. The first-order valence-corrected chi connectivity index (χ1v) is 13.6. The lowest BCUT2D eigenvalue weighted by Gasteiger charge is -2.44. The Bertz CT molecular complexity index is 1420. The van der Waals surface area contributed by atoms with Crippen molar-refractivity contribution < 1.29 is 28.6 Å². The molecule has 2 fully saturated rings. The molecule has 2 saturated heterocycles. The van der Waals surface area contributed by atoms with Crippen LogP contribution >= 0.6 is 0 Å². The second-order valence-corrected chi connectivity index (χ2v) is 10.2. The van der Waals surface area contributed by atoms with Crippen molar-refractivity contribution >= 4 is 17.7 Å². The molecule has 214 valence electrons. The molecule has 1 spiro atoms. The minimum absolute atomic E-state index is 0.0696. The van der Waals surface area contributed by atoms with E-state index in [-0.39, 0.29) is 30.9 Å². The van der Waals surface area contributed by atoms with E-state index in [9.17, 15) is 14.4 Å². The highest BCUT2D eigenvalue weighted by molar-refractivity contribution is 5.99. The van der Waals surface area contributed by atoms with E-state index in [0.717, 1.165) is 11.1 Å². The van der Waals surface area contributed by atoms with Gasteiger partial charge in [0.2, 0.25) is 5.91 Å². The summed E-state index contributed by atoms with van der Waals surface area (Å²) in [6, 6.07) is 15.3. The summed E-state index contributed by atoms with van der Waals surface area (Å²) in [5.41, 5.74) is 1.66. The van der Waals surface area contributed by atoms with Crippen molar-refractivity contribution in [3.63, 3.8) is 0 Å². The van der Waals surface area contributed by atoms with E-state index in [1.165, 1.54) is 7.11 Å². The summed E-state index contributed by atoms with van der Waals surface area (Å²) in [7, 11) is 3.07. The highest BCUT2D eigenvalue weighted by Gasteiger charge is 2.54. The molecule has 1 N–H and O–H groups in total. The quantitative estimate of drug-likeness (QED) is 0.474. The van der Waals surface area contributed by atoms with Crippen LogP contribution < -0.4 is 14.8 Å². The highest BCUT2D eigenvalue weighted by Crippen LogP contribution is 2.39. The van der Waals surface area contributed by atoms with E-state index in [4.69, 9.17) is 14.2 Å². The Hall–Kier alpha value is -4.44. The van der Waals surface area contributed by atoms with Crippen molar-refractivity contribution in [3.8, 4) is 11.5 Å². The molecule has 0 saturated carbocycles. The van der Waals surface area contributed by atoms with Crippen molar-refractivity contribution in [3.05, 3.63) is 89.2 Å². The third kappa shape index (κ3) is 5.60. The fourth-order valence-electron chi connectivity index (χ4n) is 5.53. The predicted octanol–water partition coefficient (Wildman–Crippen LogP) is 3.20. The van der Waals surface area contributed by atoms with Crippen LogP contribution in [0.2, 0.25) is 0 Å². The van der Waals surface area contributed by atoms with Crippen LogP contribution in [0, 0.1) is 6.92 Å². The van der Waals surface area contributed by atoms with E-state index < -0.39 is 11.8 Å². The first-order valence-electron chi connectivity index (χ1n) is 13.6. The number of likely N-dealkylation sites (tertiary alicyclic amines) is 1. The van der Waals surface area contributed by atoms with Gasteiger partial charge in [0.05, 0.1) is 20.8 Å². The number of nitrogens with one attached hydrogen (secondary N) is 1. The maximum absolute atomic E-state index is 14.0. The van der Waals surface area contributed by atoms with Crippen LogP contribution in [0.1, 0.15) is 44.7 Å². The number of hydrogen-bond acceptors (Lipinski definition) is 7. The molecule has 10 nitrogen and oxygen atoms in total. The summed E-state index contributed by atoms with van der Waals surface area (Å²) in [6.45, 7) is 2.94. The minimum Gasteiger partial charge on any atom is -0.493 e. The molecule has 0 aliphatic carbocycles. The second kappa shape index (κ2) is 12.0. The number of ether oxygens (including phenoxy) is 3. The van der Waals surface area contributed by atoms with Crippen LogP contribution in [0.5, 0.6) is 11.5 Å². The van der Waals surface area contributed by atoms with Gasteiger partial charge in [-0.25, -0.2) is 0 Å². The van der Waals surface area contributed by atoms with Gasteiger partial charge in [0.1, 0.15) is 11.8 Å². The van der Waals surface area contributed by atoms with Crippen molar-refractivity contribution in [1.29, 1.82) is 0 Å². The fraction of sp³-hybridized carbons (Fsp3) is 0.355. The number of carbonyl (C=O) groups is 3. The lowest BCUT2D eigenvalue weighted by atomic mass is 9.95. The molecular weight excluding hydrogens is 524 g/mol. The summed E-state index contributed by atoms with van der Waals surface area (Å²) in [6.07, 6.45) is 4.10. The average molecular weight is 559 g/mol. The number of aryl methyl sites for hydroxylation is 1. The number of aromatic nitrogens is 1. The smallest absolute Gasteiger partial charge is 0.257 e. The third-order valence-electron chi connectivity index (χ3n) is 7.81. The zero-order chi connectivity index (χ0) is 29.0. The van der Waals surface area contributed by atoms with Gasteiger partial charge in [0.25, 0.3) is 11.8 Å². The number of carbonyl (C=O) groups excluding carboxylic acids is 3. The lowest BCUT2D eigenvalue weighted by Crippen LogP contribution is -2.59. The third-order valence-corrected chi connectivity index (χ3v) is 7.81. The maximum Gasteiger partial charge on any atom is 0.257 e. The molecule has 3 aromatic rings. The van der Waals surface area contributed by atoms with Gasteiger partial charge in [-0.3, -0.25) is 24.3 Å². The topological polar surface area (TPSA) is 110 Å². The first-order chi connectivity index (χ1) is 19.9. The van der Waals surface area contributed by atoms with Crippen molar-refractivity contribution in [1.82, 2.24) is 20.1 Å². The van der Waals surface area contributed by atoms with Crippen molar-refractivity contribution in [2.45, 2.75) is 38.1 Å². The lowest BCUT2D eigenvalue weighted by molar-refractivity contribution is -0.128. The molecule has 10 heteroatoms. The molecule has 2 aliphatic heterocycles. The summed E-state index contributed by atoms with van der Waals surface area (Å²) in [5, 5.41) is 2.94. The summed E-state index contributed by atoms with van der Waals surface area (Å²) < 4.78 is 17.0. The molecule has 1 aromatic heterocycles. The number of methoxy groups -OCH3 is 2. The van der Waals surface area contributed by atoms with Gasteiger partial charge in [0, 0.05) is 56.0 Å². The van der Waals surface area contributed by atoms with Gasteiger partial charge in [-0.05, 0) is 48.4 Å². The number of nitrogens with zero attached hydrogens (tertiary/aromatic N) is 3.